The quantitative estimate of drug-likeness (QED) is 0.485. The third-order valence-electron chi connectivity index (χ3n) is 2.44. The number of thioether (sulfide) groups is 1. The monoisotopic (exact) mass is 269 g/mol. The average Bonchev–Trinajstić information content (AvgIpc) is 2.45. The normalized spacial score (nSPS) is 9.89. The first kappa shape index (κ1) is 13.2. The molecule has 0 saturated heterocycles. The molecule has 0 atom stereocenters. The summed E-state index contributed by atoms with van der Waals surface area (Å²) in [6.45, 7) is 1.88. The smallest absolute Gasteiger partial charge is 0.188 e. The maximum Gasteiger partial charge on any atom is 0.188 e. The Labute approximate surface area is 115 Å². The first-order valence-electron chi connectivity index (χ1n) is 5.65. The van der Waals surface area contributed by atoms with Crippen LogP contribution in [0.5, 0.6) is 0 Å². The molecule has 0 aliphatic rings. The van der Waals surface area contributed by atoms with Crippen molar-refractivity contribution in [2.45, 2.75) is 12.1 Å². The molecule has 94 valence electrons. The lowest BCUT2D eigenvalue weighted by atomic mass is 10.1. The van der Waals surface area contributed by atoms with Gasteiger partial charge >= 0.3 is 0 Å². The van der Waals surface area contributed by atoms with E-state index in [-0.39, 0.29) is 11.5 Å². The molecule has 0 aliphatic heterocycles. The maximum absolute atomic E-state index is 11.9. The van der Waals surface area contributed by atoms with Crippen molar-refractivity contribution in [1.82, 2.24) is 9.97 Å². The molecule has 4 nitrogen and oxygen atoms in total. The molecule has 1 heterocycles. The van der Waals surface area contributed by atoms with Crippen LogP contribution in [0.1, 0.15) is 21.6 Å². The summed E-state index contributed by atoms with van der Waals surface area (Å²) in [6, 6.07) is 10.4. The summed E-state index contributed by atoms with van der Waals surface area (Å²) in [5.41, 5.74) is 2.02. The SMILES string of the molecule is Cc1ccnc(SCC(=O)c2ccc(C#N)cc2)n1. The number of rotatable bonds is 4. The highest BCUT2D eigenvalue weighted by Gasteiger charge is 2.08. The zero-order valence-electron chi connectivity index (χ0n) is 10.3. The fraction of sp³-hybridized carbons (Fsp3) is 0.143. The number of Topliss-reactive ketones (excluding diaryl/α,β-unsaturated/α-hetero) is 1. The Bertz CT molecular complexity index is 632. The van der Waals surface area contributed by atoms with Gasteiger partial charge in [-0.05, 0) is 25.1 Å². The number of carbonyl (C=O) groups excluding carboxylic acids is 1. The molecule has 0 unspecified atom stereocenters. The first-order chi connectivity index (χ1) is 9.19. The summed E-state index contributed by atoms with van der Waals surface area (Å²) < 4.78 is 0. The standard InChI is InChI=1S/C14H11N3OS/c1-10-6-7-16-14(17-10)19-9-13(18)12-4-2-11(8-15)3-5-12/h2-7H,9H2,1H3. The molecule has 19 heavy (non-hydrogen) atoms. The van der Waals surface area contributed by atoms with Crippen LogP contribution in [0.4, 0.5) is 0 Å². The van der Waals surface area contributed by atoms with E-state index in [0.717, 1.165) is 5.69 Å². The summed E-state index contributed by atoms with van der Waals surface area (Å²) in [4.78, 5) is 20.3. The molecule has 0 aliphatic carbocycles. The highest BCUT2D eigenvalue weighted by Crippen LogP contribution is 2.15. The lowest BCUT2D eigenvalue weighted by Gasteiger charge is -2.01. The summed E-state index contributed by atoms with van der Waals surface area (Å²) in [5, 5.41) is 9.29. The highest BCUT2D eigenvalue weighted by atomic mass is 32.2. The van der Waals surface area contributed by atoms with Crippen molar-refractivity contribution in [2.24, 2.45) is 0 Å². The molecule has 0 radical (unpaired) electrons. The van der Waals surface area contributed by atoms with Crippen molar-refractivity contribution in [2.75, 3.05) is 5.75 Å². The van der Waals surface area contributed by atoms with Gasteiger partial charge in [-0.25, -0.2) is 9.97 Å². The van der Waals surface area contributed by atoms with Gasteiger partial charge in [0.15, 0.2) is 10.9 Å². The minimum absolute atomic E-state index is 0.000374. The number of ketones is 1. The summed E-state index contributed by atoms with van der Waals surface area (Å²) in [7, 11) is 0. The van der Waals surface area contributed by atoms with Gasteiger partial charge < -0.3 is 0 Å². The van der Waals surface area contributed by atoms with Crippen molar-refractivity contribution >= 4 is 17.5 Å². The zero-order valence-corrected chi connectivity index (χ0v) is 11.1. The molecule has 0 N–H and O–H groups in total. The molecule has 0 bridgehead atoms. The van der Waals surface area contributed by atoms with Crippen LogP contribution in [0.25, 0.3) is 0 Å². The molecule has 0 fully saturated rings. The van der Waals surface area contributed by atoms with E-state index in [2.05, 4.69) is 9.97 Å². The van der Waals surface area contributed by atoms with Crippen LogP contribution >= 0.6 is 11.8 Å². The number of hydrogen-bond donors (Lipinski definition) is 0. The van der Waals surface area contributed by atoms with Gasteiger partial charge in [-0.15, -0.1) is 0 Å². The zero-order chi connectivity index (χ0) is 13.7. The van der Waals surface area contributed by atoms with E-state index >= 15 is 0 Å². The third-order valence-corrected chi connectivity index (χ3v) is 3.30. The van der Waals surface area contributed by atoms with Gasteiger partial charge in [0.1, 0.15) is 0 Å². The van der Waals surface area contributed by atoms with E-state index in [0.29, 0.717) is 16.3 Å². The Balaban J connectivity index is 1.99. The molecule has 0 amide bonds. The molecule has 2 rings (SSSR count). The van der Waals surface area contributed by atoms with Crippen LogP contribution in [0.3, 0.4) is 0 Å². The van der Waals surface area contributed by atoms with Crippen LogP contribution in [0.2, 0.25) is 0 Å². The van der Waals surface area contributed by atoms with Crippen molar-refractivity contribution in [1.29, 1.82) is 5.26 Å². The van der Waals surface area contributed by atoms with E-state index in [1.54, 1.807) is 30.5 Å². The van der Waals surface area contributed by atoms with Crippen LogP contribution < -0.4 is 0 Å². The largest absolute Gasteiger partial charge is 0.293 e. The van der Waals surface area contributed by atoms with E-state index in [4.69, 9.17) is 5.26 Å². The lowest BCUT2D eigenvalue weighted by Crippen LogP contribution is -2.03. The number of nitriles is 1. The third kappa shape index (κ3) is 3.63. The Kier molecular flexibility index (Phi) is 4.26. The molecular weight excluding hydrogens is 258 g/mol. The van der Waals surface area contributed by atoms with Gasteiger partial charge in [-0.3, -0.25) is 4.79 Å². The molecule has 5 heteroatoms. The number of carbonyl (C=O) groups is 1. The summed E-state index contributed by atoms with van der Waals surface area (Å²) in [5.74, 6) is 0.287. The van der Waals surface area contributed by atoms with Crippen LogP contribution in [0.15, 0.2) is 41.7 Å². The number of benzene rings is 1. The summed E-state index contributed by atoms with van der Waals surface area (Å²) >= 11 is 1.31. The number of hydrogen-bond acceptors (Lipinski definition) is 5. The van der Waals surface area contributed by atoms with Gasteiger partial charge in [0.05, 0.1) is 17.4 Å². The van der Waals surface area contributed by atoms with E-state index < -0.39 is 0 Å². The molecule has 1 aromatic carbocycles. The first-order valence-corrected chi connectivity index (χ1v) is 6.63. The van der Waals surface area contributed by atoms with Crippen LogP contribution in [-0.2, 0) is 0 Å². The molecule has 0 saturated carbocycles. The second-order valence-corrected chi connectivity index (χ2v) is 4.82. The van der Waals surface area contributed by atoms with Crippen molar-refractivity contribution < 1.29 is 4.79 Å². The molecular formula is C14H11N3OS. The van der Waals surface area contributed by atoms with Gasteiger partial charge in [0.25, 0.3) is 0 Å². The Morgan fingerprint density at radius 2 is 2.05 bits per heavy atom. The minimum atomic E-state index is -0.000374. The number of nitrogens with zero attached hydrogens (tertiary/aromatic N) is 3. The maximum atomic E-state index is 11.9. The van der Waals surface area contributed by atoms with Crippen molar-refractivity contribution in [3.63, 3.8) is 0 Å². The average molecular weight is 269 g/mol. The Hall–Kier alpha value is -2.19. The van der Waals surface area contributed by atoms with E-state index in [1.165, 1.54) is 11.8 Å². The van der Waals surface area contributed by atoms with E-state index in [9.17, 15) is 4.79 Å². The minimum Gasteiger partial charge on any atom is -0.293 e. The second kappa shape index (κ2) is 6.12. The fourth-order valence-electron chi connectivity index (χ4n) is 1.44. The van der Waals surface area contributed by atoms with Gasteiger partial charge in [-0.1, -0.05) is 23.9 Å². The fourth-order valence-corrected chi connectivity index (χ4v) is 2.21. The van der Waals surface area contributed by atoms with Crippen molar-refractivity contribution in [3.8, 4) is 6.07 Å². The van der Waals surface area contributed by atoms with Gasteiger partial charge in [0, 0.05) is 17.5 Å². The Morgan fingerprint density at radius 3 is 2.68 bits per heavy atom. The van der Waals surface area contributed by atoms with E-state index in [1.807, 2.05) is 19.1 Å². The molecule has 2 aromatic rings. The molecule has 0 spiro atoms. The predicted molar refractivity (Wildman–Crippen MR) is 73.0 cm³/mol. The second-order valence-electron chi connectivity index (χ2n) is 3.88. The molecule has 1 aromatic heterocycles. The highest BCUT2D eigenvalue weighted by molar-refractivity contribution is 7.99. The number of aryl methyl sites for hydroxylation is 1. The van der Waals surface area contributed by atoms with Crippen LogP contribution in [0, 0.1) is 18.3 Å². The van der Waals surface area contributed by atoms with Gasteiger partial charge in [0.2, 0.25) is 0 Å². The van der Waals surface area contributed by atoms with Crippen LogP contribution in [-0.4, -0.2) is 21.5 Å². The predicted octanol–water partition coefficient (Wildman–Crippen LogP) is 2.63. The lowest BCUT2D eigenvalue weighted by molar-refractivity contribution is 0.102. The summed E-state index contributed by atoms with van der Waals surface area (Å²) in [6.07, 6.45) is 1.68. The Morgan fingerprint density at radius 1 is 1.32 bits per heavy atom. The van der Waals surface area contributed by atoms with Gasteiger partial charge in [-0.2, -0.15) is 5.26 Å². The van der Waals surface area contributed by atoms with Crippen molar-refractivity contribution in [3.05, 3.63) is 53.3 Å². The topological polar surface area (TPSA) is 66.6 Å². The number of aromatic nitrogens is 2.